The number of benzene rings is 2. The van der Waals surface area contributed by atoms with Crippen molar-refractivity contribution >= 4 is 17.4 Å². The molecule has 29 heavy (non-hydrogen) atoms. The molecular weight excluding hydrogens is 364 g/mol. The van der Waals surface area contributed by atoms with Crippen LogP contribution in [0.2, 0.25) is 0 Å². The zero-order valence-corrected chi connectivity index (χ0v) is 17.0. The van der Waals surface area contributed by atoms with Gasteiger partial charge in [-0.25, -0.2) is 4.98 Å². The van der Waals surface area contributed by atoms with E-state index in [1.807, 2.05) is 50.5 Å². The summed E-state index contributed by atoms with van der Waals surface area (Å²) in [5, 5.41) is 6.16. The molecule has 0 saturated heterocycles. The Bertz CT molecular complexity index is 955. The molecule has 0 aliphatic heterocycles. The molecule has 0 saturated carbocycles. The van der Waals surface area contributed by atoms with Crippen molar-refractivity contribution in [1.82, 2.24) is 15.2 Å². The van der Waals surface area contributed by atoms with Gasteiger partial charge in [0.25, 0.3) is 5.91 Å². The summed E-state index contributed by atoms with van der Waals surface area (Å²) >= 11 is 0. The first kappa shape index (κ1) is 20.4. The molecule has 150 valence electrons. The van der Waals surface area contributed by atoms with Crippen LogP contribution in [0.1, 0.15) is 21.5 Å². The molecule has 6 nitrogen and oxygen atoms in total. The number of carbonyl (C=O) groups excluding carboxylic acids is 1. The first-order valence-electron chi connectivity index (χ1n) is 9.42. The molecule has 0 unspecified atom stereocenters. The second-order valence-electron chi connectivity index (χ2n) is 6.96. The van der Waals surface area contributed by atoms with Crippen LogP contribution in [0, 0.1) is 0 Å². The molecule has 3 rings (SSSR count). The average molecular weight is 390 g/mol. The van der Waals surface area contributed by atoms with Gasteiger partial charge < -0.3 is 20.3 Å². The minimum atomic E-state index is -0.187. The molecule has 1 amide bonds. The minimum absolute atomic E-state index is 0.187. The van der Waals surface area contributed by atoms with Crippen LogP contribution in [0.15, 0.2) is 66.9 Å². The van der Waals surface area contributed by atoms with Gasteiger partial charge in [0.05, 0.1) is 18.4 Å². The molecule has 0 aliphatic carbocycles. The fraction of sp³-hybridized carbons (Fsp3) is 0.217. The summed E-state index contributed by atoms with van der Waals surface area (Å²) in [5.41, 5.74) is 3.51. The number of nitrogens with one attached hydrogen (secondary N) is 2. The third kappa shape index (κ3) is 5.56. The molecule has 0 fully saturated rings. The third-order valence-corrected chi connectivity index (χ3v) is 4.39. The van der Waals surface area contributed by atoms with Gasteiger partial charge in [0.2, 0.25) is 0 Å². The maximum absolute atomic E-state index is 12.8. The number of carbonyl (C=O) groups is 1. The highest BCUT2D eigenvalue weighted by molar-refractivity contribution is 5.99. The molecule has 1 aromatic heterocycles. The van der Waals surface area contributed by atoms with Crippen molar-refractivity contribution in [2.24, 2.45) is 0 Å². The lowest BCUT2D eigenvalue weighted by molar-refractivity contribution is 0.0951. The highest BCUT2D eigenvalue weighted by atomic mass is 16.5. The van der Waals surface area contributed by atoms with E-state index in [0.717, 1.165) is 17.8 Å². The van der Waals surface area contributed by atoms with E-state index in [4.69, 9.17) is 4.74 Å². The predicted molar refractivity (Wildman–Crippen MR) is 116 cm³/mol. The van der Waals surface area contributed by atoms with Crippen molar-refractivity contribution in [2.45, 2.75) is 13.1 Å². The molecule has 0 atom stereocenters. The fourth-order valence-electron chi connectivity index (χ4n) is 2.97. The van der Waals surface area contributed by atoms with Crippen LogP contribution in [0.3, 0.4) is 0 Å². The normalized spacial score (nSPS) is 10.6. The summed E-state index contributed by atoms with van der Waals surface area (Å²) in [4.78, 5) is 19.2. The number of para-hydroxylation sites is 2. The van der Waals surface area contributed by atoms with Gasteiger partial charge in [-0.15, -0.1) is 0 Å². The molecule has 0 aliphatic rings. The van der Waals surface area contributed by atoms with Gasteiger partial charge in [-0.2, -0.15) is 0 Å². The summed E-state index contributed by atoms with van der Waals surface area (Å²) in [7, 11) is 5.69. The Morgan fingerprint density at radius 3 is 2.45 bits per heavy atom. The quantitative estimate of drug-likeness (QED) is 0.612. The summed E-state index contributed by atoms with van der Waals surface area (Å²) in [6, 6.07) is 19.3. The van der Waals surface area contributed by atoms with Crippen molar-refractivity contribution in [2.75, 3.05) is 26.5 Å². The zero-order valence-electron chi connectivity index (χ0n) is 17.0. The van der Waals surface area contributed by atoms with E-state index in [2.05, 4.69) is 32.7 Å². The zero-order chi connectivity index (χ0) is 20.6. The van der Waals surface area contributed by atoms with Crippen molar-refractivity contribution in [3.05, 3.63) is 83.6 Å². The molecule has 2 N–H and O–H groups in total. The Morgan fingerprint density at radius 1 is 1.00 bits per heavy atom. The summed E-state index contributed by atoms with van der Waals surface area (Å²) in [6.45, 7) is 1.34. The lowest BCUT2D eigenvalue weighted by Crippen LogP contribution is -2.24. The summed E-state index contributed by atoms with van der Waals surface area (Å²) in [5.74, 6) is 0.978. The number of anilines is 2. The number of hydrogen-bond donors (Lipinski definition) is 2. The van der Waals surface area contributed by atoms with E-state index in [9.17, 15) is 4.79 Å². The van der Waals surface area contributed by atoms with E-state index in [1.54, 1.807) is 25.4 Å². The molecule has 2 aromatic carbocycles. The van der Waals surface area contributed by atoms with Crippen LogP contribution in [0.5, 0.6) is 5.75 Å². The maximum Gasteiger partial charge on any atom is 0.255 e. The van der Waals surface area contributed by atoms with Crippen LogP contribution in [-0.4, -0.2) is 37.0 Å². The predicted octanol–water partition coefficient (Wildman–Crippen LogP) is 3.83. The summed E-state index contributed by atoms with van der Waals surface area (Å²) < 4.78 is 5.36. The van der Waals surface area contributed by atoms with Crippen LogP contribution < -0.4 is 15.4 Å². The molecule has 3 aromatic rings. The monoisotopic (exact) mass is 390 g/mol. The largest absolute Gasteiger partial charge is 0.495 e. The standard InChI is InChI=1S/C23H26N4O2/c1-27(2)16-18-12-10-17(11-13-18)15-25-23(28)19-7-6-14-24-22(19)26-20-8-4-5-9-21(20)29-3/h4-14H,15-16H2,1-3H3,(H,24,26)(H,25,28). The van der Waals surface area contributed by atoms with E-state index in [1.165, 1.54) is 5.56 Å². The number of rotatable bonds is 8. The Morgan fingerprint density at radius 2 is 1.72 bits per heavy atom. The SMILES string of the molecule is COc1ccccc1Nc1ncccc1C(=O)NCc1ccc(CN(C)C)cc1. The molecule has 6 heteroatoms. The Kier molecular flexibility index (Phi) is 6.81. The number of aromatic nitrogens is 1. The number of amides is 1. The Hall–Kier alpha value is -3.38. The highest BCUT2D eigenvalue weighted by Gasteiger charge is 2.13. The average Bonchev–Trinajstić information content (AvgIpc) is 2.73. The molecule has 0 bridgehead atoms. The maximum atomic E-state index is 12.8. The number of methoxy groups -OCH3 is 1. The Labute approximate surface area is 171 Å². The second kappa shape index (κ2) is 9.71. The molecule has 1 heterocycles. The summed E-state index contributed by atoms with van der Waals surface area (Å²) in [6.07, 6.45) is 1.65. The first-order chi connectivity index (χ1) is 14.1. The van der Waals surface area contributed by atoms with Gasteiger partial charge in [0.15, 0.2) is 0 Å². The van der Waals surface area contributed by atoms with Gasteiger partial charge in [0.1, 0.15) is 11.6 Å². The van der Waals surface area contributed by atoms with Crippen molar-refractivity contribution in [3.63, 3.8) is 0 Å². The van der Waals surface area contributed by atoms with Gasteiger partial charge in [0, 0.05) is 19.3 Å². The van der Waals surface area contributed by atoms with E-state index >= 15 is 0 Å². The smallest absolute Gasteiger partial charge is 0.255 e. The van der Waals surface area contributed by atoms with Crippen LogP contribution >= 0.6 is 0 Å². The van der Waals surface area contributed by atoms with Crippen LogP contribution in [-0.2, 0) is 13.1 Å². The first-order valence-corrected chi connectivity index (χ1v) is 9.42. The topological polar surface area (TPSA) is 66.5 Å². The molecular formula is C23H26N4O2. The van der Waals surface area contributed by atoms with Gasteiger partial charge >= 0.3 is 0 Å². The fourth-order valence-corrected chi connectivity index (χ4v) is 2.97. The van der Waals surface area contributed by atoms with Crippen LogP contribution in [0.25, 0.3) is 0 Å². The van der Waals surface area contributed by atoms with Gasteiger partial charge in [-0.1, -0.05) is 36.4 Å². The van der Waals surface area contributed by atoms with E-state index < -0.39 is 0 Å². The Balaban J connectivity index is 1.68. The van der Waals surface area contributed by atoms with Gasteiger partial charge in [-0.05, 0) is 49.5 Å². The van der Waals surface area contributed by atoms with E-state index in [0.29, 0.717) is 23.7 Å². The van der Waals surface area contributed by atoms with Crippen molar-refractivity contribution in [3.8, 4) is 5.75 Å². The molecule has 0 spiro atoms. The second-order valence-corrected chi connectivity index (χ2v) is 6.96. The third-order valence-electron chi connectivity index (χ3n) is 4.39. The number of pyridine rings is 1. The minimum Gasteiger partial charge on any atom is -0.495 e. The number of nitrogens with zero attached hydrogens (tertiary/aromatic N) is 2. The lowest BCUT2D eigenvalue weighted by atomic mass is 10.1. The number of ether oxygens (including phenoxy) is 1. The van der Waals surface area contributed by atoms with Crippen molar-refractivity contribution < 1.29 is 9.53 Å². The van der Waals surface area contributed by atoms with Crippen molar-refractivity contribution in [1.29, 1.82) is 0 Å². The van der Waals surface area contributed by atoms with Crippen LogP contribution in [0.4, 0.5) is 11.5 Å². The van der Waals surface area contributed by atoms with E-state index in [-0.39, 0.29) is 5.91 Å². The van der Waals surface area contributed by atoms with Gasteiger partial charge in [-0.3, -0.25) is 4.79 Å². The highest BCUT2D eigenvalue weighted by Crippen LogP contribution is 2.27. The molecule has 0 radical (unpaired) electrons. The number of hydrogen-bond acceptors (Lipinski definition) is 5. The lowest BCUT2D eigenvalue weighted by Gasteiger charge is -2.14.